The number of halogens is 2. The molecule has 4 aromatic rings. The largest absolute Gasteiger partial charge is 0.361 e. The van der Waals surface area contributed by atoms with E-state index in [2.05, 4.69) is 90.6 Å². The Bertz CT molecular complexity index is 858. The molecule has 0 aliphatic heterocycles. The first-order chi connectivity index (χ1) is 10.2. The molecule has 4 rings (SSSR count). The van der Waals surface area contributed by atoms with E-state index in [0.29, 0.717) is 0 Å². The quantitative estimate of drug-likeness (QED) is 0.406. The molecule has 2 heterocycles. The van der Waals surface area contributed by atoms with Gasteiger partial charge in [-0.3, -0.25) is 0 Å². The molecule has 0 unspecified atom stereocenters. The van der Waals surface area contributed by atoms with Gasteiger partial charge < -0.3 is 9.97 Å². The summed E-state index contributed by atoms with van der Waals surface area (Å²) in [6, 6.07) is 16.6. The Morgan fingerprint density at radius 2 is 1.10 bits per heavy atom. The smallest absolute Gasteiger partial charge is 0.134 e. The first-order valence-electron chi connectivity index (χ1n) is 6.69. The summed E-state index contributed by atoms with van der Waals surface area (Å²) in [6.07, 6.45) is 4.10. The van der Waals surface area contributed by atoms with E-state index in [9.17, 15) is 0 Å². The number of hydrogen-bond acceptors (Lipinski definition) is 0. The van der Waals surface area contributed by atoms with Crippen LogP contribution in [0.5, 0.6) is 0 Å². The molecule has 0 atom stereocenters. The summed E-state index contributed by atoms with van der Waals surface area (Å²) in [5.41, 5.74) is 4.61. The van der Waals surface area contributed by atoms with E-state index >= 15 is 0 Å². The number of alkyl halides is 2. The molecule has 4 heteroatoms. The van der Waals surface area contributed by atoms with E-state index < -0.39 is 3.23 Å². The second kappa shape index (κ2) is 4.75. The van der Waals surface area contributed by atoms with Gasteiger partial charge in [0, 0.05) is 45.3 Å². The number of fused-ring (bicyclic) bond motifs is 2. The molecule has 0 saturated carbocycles. The summed E-state index contributed by atoms with van der Waals surface area (Å²) in [5, 5.41) is 2.41. The lowest BCUT2D eigenvalue weighted by molar-refractivity contribution is 1.15. The molecule has 0 amide bonds. The average Bonchev–Trinajstić information content (AvgIpc) is 3.12. The van der Waals surface area contributed by atoms with E-state index in [4.69, 9.17) is 0 Å². The van der Waals surface area contributed by atoms with Gasteiger partial charge in [-0.25, -0.2) is 0 Å². The van der Waals surface area contributed by atoms with Crippen LogP contribution in [0.4, 0.5) is 0 Å². The van der Waals surface area contributed by atoms with Crippen LogP contribution in [0.2, 0.25) is 0 Å². The van der Waals surface area contributed by atoms with Gasteiger partial charge in [-0.15, -0.1) is 0 Å². The molecule has 0 bridgehead atoms. The maximum atomic E-state index is 3.88. The highest BCUT2D eigenvalue weighted by Crippen LogP contribution is 2.49. The van der Waals surface area contributed by atoms with Crippen LogP contribution in [0.25, 0.3) is 21.8 Å². The van der Waals surface area contributed by atoms with Crippen molar-refractivity contribution in [3.05, 3.63) is 72.1 Å². The number of para-hydroxylation sites is 2. The van der Waals surface area contributed by atoms with E-state index in [0.717, 1.165) is 11.0 Å². The molecule has 0 aliphatic carbocycles. The van der Waals surface area contributed by atoms with Crippen LogP contribution in [-0.2, 0) is 3.23 Å². The van der Waals surface area contributed by atoms with Crippen molar-refractivity contribution < 1.29 is 0 Å². The summed E-state index contributed by atoms with van der Waals surface area (Å²) in [4.78, 5) is 6.67. The molecule has 0 aliphatic rings. The minimum Gasteiger partial charge on any atom is -0.361 e. The molecule has 21 heavy (non-hydrogen) atoms. The second-order valence-corrected chi connectivity index (χ2v) is 8.51. The number of nitrogens with one attached hydrogen (secondary N) is 2. The summed E-state index contributed by atoms with van der Waals surface area (Å²) in [5.74, 6) is 0. The predicted octanol–water partition coefficient (Wildman–Crippen LogP) is 5.64. The number of H-pyrrole nitrogens is 2. The van der Waals surface area contributed by atoms with Gasteiger partial charge >= 0.3 is 0 Å². The molecule has 104 valence electrons. The molecule has 0 radical (unpaired) electrons. The van der Waals surface area contributed by atoms with E-state index in [1.54, 1.807) is 0 Å². The third-order valence-corrected chi connectivity index (χ3v) is 5.56. The van der Waals surface area contributed by atoms with Crippen molar-refractivity contribution in [3.63, 3.8) is 0 Å². The fourth-order valence-electron chi connectivity index (χ4n) is 2.81. The Labute approximate surface area is 138 Å². The molecule has 2 aromatic heterocycles. The zero-order chi connectivity index (χ0) is 14.4. The van der Waals surface area contributed by atoms with Crippen molar-refractivity contribution in [3.8, 4) is 0 Å². The van der Waals surface area contributed by atoms with Gasteiger partial charge in [0.15, 0.2) is 0 Å². The van der Waals surface area contributed by atoms with E-state index in [1.807, 2.05) is 12.1 Å². The molecule has 2 N–H and O–H groups in total. The average molecular weight is 404 g/mol. The fraction of sp³-hybridized carbons (Fsp3) is 0.0588. The van der Waals surface area contributed by atoms with Gasteiger partial charge in [0.05, 0.1) is 0 Å². The minimum atomic E-state index is -0.431. The molecular weight excluding hydrogens is 392 g/mol. The summed E-state index contributed by atoms with van der Waals surface area (Å²) in [7, 11) is 0. The normalized spacial score (nSPS) is 12.3. The second-order valence-electron chi connectivity index (χ2n) is 5.07. The highest BCUT2D eigenvalue weighted by atomic mass is 79.9. The SMILES string of the molecule is BrC(Br)(c1c[nH]c2ccccc12)c1c[nH]c2ccccc12. The van der Waals surface area contributed by atoms with Gasteiger partial charge in [-0.1, -0.05) is 68.3 Å². The number of benzene rings is 2. The fourth-order valence-corrected chi connectivity index (χ4v) is 4.12. The van der Waals surface area contributed by atoms with Crippen LogP contribution in [0.1, 0.15) is 11.1 Å². The Morgan fingerprint density at radius 3 is 1.57 bits per heavy atom. The van der Waals surface area contributed by atoms with Crippen LogP contribution in [0, 0.1) is 0 Å². The Balaban J connectivity index is 1.97. The number of rotatable bonds is 2. The third-order valence-electron chi connectivity index (χ3n) is 3.86. The van der Waals surface area contributed by atoms with Crippen LogP contribution in [0.15, 0.2) is 60.9 Å². The molecule has 0 saturated heterocycles. The van der Waals surface area contributed by atoms with Gasteiger partial charge in [0.1, 0.15) is 3.23 Å². The van der Waals surface area contributed by atoms with Crippen molar-refractivity contribution >= 4 is 53.7 Å². The molecule has 2 nitrogen and oxygen atoms in total. The Morgan fingerprint density at radius 1 is 0.667 bits per heavy atom. The number of aromatic amines is 2. The molecular formula is C17H12Br2N2. The zero-order valence-corrected chi connectivity index (χ0v) is 14.2. The van der Waals surface area contributed by atoms with Crippen molar-refractivity contribution in [1.29, 1.82) is 0 Å². The van der Waals surface area contributed by atoms with Crippen LogP contribution in [0.3, 0.4) is 0 Å². The molecule has 2 aromatic carbocycles. The lowest BCUT2D eigenvalue weighted by Gasteiger charge is -2.20. The number of hydrogen-bond donors (Lipinski definition) is 2. The maximum Gasteiger partial charge on any atom is 0.134 e. The van der Waals surface area contributed by atoms with Crippen molar-refractivity contribution in [2.24, 2.45) is 0 Å². The number of aromatic nitrogens is 2. The summed E-state index contributed by atoms with van der Waals surface area (Å²) >= 11 is 7.75. The Hall–Kier alpha value is -1.52. The van der Waals surface area contributed by atoms with Gasteiger partial charge in [-0.2, -0.15) is 0 Å². The van der Waals surface area contributed by atoms with E-state index in [-0.39, 0.29) is 0 Å². The van der Waals surface area contributed by atoms with Gasteiger partial charge in [0.25, 0.3) is 0 Å². The standard InChI is InChI=1S/C17H12Br2N2/c18-17(19,13-9-20-15-7-3-1-5-11(13)15)14-10-21-16-8-4-2-6-12(14)16/h1-10,20-21H. The summed E-state index contributed by atoms with van der Waals surface area (Å²) < 4.78 is -0.431. The third kappa shape index (κ3) is 1.97. The lowest BCUT2D eigenvalue weighted by atomic mass is 10.0. The highest BCUT2D eigenvalue weighted by Gasteiger charge is 2.32. The van der Waals surface area contributed by atoms with Crippen LogP contribution in [-0.4, -0.2) is 9.97 Å². The van der Waals surface area contributed by atoms with E-state index in [1.165, 1.54) is 21.9 Å². The molecule has 0 fully saturated rings. The maximum absolute atomic E-state index is 3.88. The minimum absolute atomic E-state index is 0.431. The van der Waals surface area contributed by atoms with Crippen LogP contribution >= 0.6 is 31.9 Å². The van der Waals surface area contributed by atoms with Gasteiger partial charge in [0.2, 0.25) is 0 Å². The summed E-state index contributed by atoms with van der Waals surface area (Å²) in [6.45, 7) is 0. The van der Waals surface area contributed by atoms with Crippen molar-refractivity contribution in [1.82, 2.24) is 9.97 Å². The molecule has 0 spiro atoms. The van der Waals surface area contributed by atoms with Gasteiger partial charge in [-0.05, 0) is 12.1 Å². The lowest BCUT2D eigenvalue weighted by Crippen LogP contribution is -2.09. The monoisotopic (exact) mass is 402 g/mol. The topological polar surface area (TPSA) is 31.6 Å². The first kappa shape index (κ1) is 13.2. The van der Waals surface area contributed by atoms with Crippen molar-refractivity contribution in [2.75, 3.05) is 0 Å². The zero-order valence-electron chi connectivity index (χ0n) is 11.0. The highest BCUT2D eigenvalue weighted by molar-refractivity contribution is 9.25. The van der Waals surface area contributed by atoms with Crippen LogP contribution < -0.4 is 0 Å². The van der Waals surface area contributed by atoms with Crippen molar-refractivity contribution in [2.45, 2.75) is 3.23 Å². The predicted molar refractivity (Wildman–Crippen MR) is 95.2 cm³/mol. The Kier molecular flexibility index (Phi) is 2.98. The first-order valence-corrected chi connectivity index (χ1v) is 8.27.